The van der Waals surface area contributed by atoms with Gasteiger partial charge in [0.1, 0.15) is 0 Å². The minimum Gasteiger partial charge on any atom is -0.355 e. The quantitative estimate of drug-likeness (QED) is 0.784. The molecule has 0 spiro atoms. The zero-order chi connectivity index (χ0) is 17.4. The molecule has 0 bridgehead atoms. The average molecular weight is 353 g/mol. The van der Waals surface area contributed by atoms with Gasteiger partial charge in [-0.3, -0.25) is 10.1 Å². The molecular weight excluding hydrogens is 326 g/mol. The third-order valence-corrected chi connectivity index (χ3v) is 5.11. The maximum Gasteiger partial charge on any atom is 0.323 e. The van der Waals surface area contributed by atoms with Gasteiger partial charge in [-0.2, -0.15) is 0 Å². The van der Waals surface area contributed by atoms with Crippen LogP contribution in [0.15, 0.2) is 11.6 Å². The Bertz CT molecular complexity index is 511. The number of nitrogens with one attached hydrogen (secondary N) is 2. The molecule has 0 aromatic carbocycles. The fourth-order valence-electron chi connectivity index (χ4n) is 2.82. The fourth-order valence-corrected chi connectivity index (χ4v) is 3.34. The van der Waals surface area contributed by atoms with Crippen molar-refractivity contribution in [2.45, 2.75) is 26.7 Å². The van der Waals surface area contributed by atoms with Crippen LogP contribution in [0.2, 0.25) is 0 Å². The van der Waals surface area contributed by atoms with Crippen LogP contribution >= 0.6 is 11.3 Å². The van der Waals surface area contributed by atoms with Gasteiger partial charge >= 0.3 is 6.03 Å². The van der Waals surface area contributed by atoms with Crippen molar-refractivity contribution in [3.05, 3.63) is 11.6 Å². The second-order valence-electron chi connectivity index (χ2n) is 5.85. The summed E-state index contributed by atoms with van der Waals surface area (Å²) in [6.07, 6.45) is 3.08. The molecule has 0 atom stereocenters. The van der Waals surface area contributed by atoms with Crippen molar-refractivity contribution in [1.29, 1.82) is 0 Å². The lowest BCUT2D eigenvalue weighted by Gasteiger charge is -2.31. The molecular formula is C16H27N5O2S. The van der Waals surface area contributed by atoms with E-state index in [4.69, 9.17) is 0 Å². The van der Waals surface area contributed by atoms with Gasteiger partial charge in [0.05, 0.1) is 0 Å². The van der Waals surface area contributed by atoms with Gasteiger partial charge in [-0.25, -0.2) is 9.78 Å². The van der Waals surface area contributed by atoms with Crippen molar-refractivity contribution in [2.75, 3.05) is 44.6 Å². The van der Waals surface area contributed by atoms with Crippen LogP contribution in [0.1, 0.15) is 26.7 Å². The number of rotatable bonds is 7. The minimum atomic E-state index is -0.134. The summed E-state index contributed by atoms with van der Waals surface area (Å²) in [7, 11) is 0. The number of aromatic nitrogens is 1. The van der Waals surface area contributed by atoms with Crippen LogP contribution in [0, 0.1) is 5.92 Å². The molecule has 0 aliphatic carbocycles. The first kappa shape index (κ1) is 18.7. The van der Waals surface area contributed by atoms with Gasteiger partial charge in [0, 0.05) is 43.7 Å². The number of anilines is 1. The van der Waals surface area contributed by atoms with Crippen LogP contribution in [0.25, 0.3) is 0 Å². The normalized spacial score (nSPS) is 15.5. The second kappa shape index (κ2) is 9.58. The van der Waals surface area contributed by atoms with Gasteiger partial charge in [0.2, 0.25) is 5.91 Å². The number of thiazole rings is 1. The Morgan fingerprint density at radius 2 is 2.04 bits per heavy atom. The topological polar surface area (TPSA) is 77.6 Å². The molecule has 134 valence electrons. The Morgan fingerprint density at radius 3 is 2.62 bits per heavy atom. The number of nitrogens with zero attached hydrogens (tertiary/aromatic N) is 3. The predicted molar refractivity (Wildman–Crippen MR) is 96.2 cm³/mol. The zero-order valence-corrected chi connectivity index (χ0v) is 15.3. The van der Waals surface area contributed by atoms with E-state index in [2.05, 4.69) is 34.4 Å². The molecule has 1 aliphatic heterocycles. The number of piperidine rings is 1. The molecule has 8 heteroatoms. The van der Waals surface area contributed by atoms with E-state index in [1.54, 1.807) is 11.1 Å². The molecule has 24 heavy (non-hydrogen) atoms. The lowest BCUT2D eigenvalue weighted by molar-refractivity contribution is -0.126. The lowest BCUT2D eigenvalue weighted by Crippen LogP contribution is -2.45. The molecule has 1 fully saturated rings. The van der Waals surface area contributed by atoms with Gasteiger partial charge in [-0.1, -0.05) is 13.8 Å². The molecule has 1 aliphatic rings. The molecule has 3 amide bonds. The first-order chi connectivity index (χ1) is 11.6. The number of carbonyl (C=O) groups is 2. The molecule has 7 nitrogen and oxygen atoms in total. The number of hydrogen-bond acceptors (Lipinski definition) is 5. The highest BCUT2D eigenvalue weighted by molar-refractivity contribution is 7.13. The SMILES string of the molecule is CCN(CC)CCNC(=O)C1CCN(C(=O)Nc2nccs2)CC1. The first-order valence-corrected chi connectivity index (χ1v) is 9.47. The van der Waals surface area contributed by atoms with Crippen molar-refractivity contribution in [3.8, 4) is 0 Å². The summed E-state index contributed by atoms with van der Waals surface area (Å²) >= 11 is 1.40. The summed E-state index contributed by atoms with van der Waals surface area (Å²) in [6, 6.07) is -0.134. The van der Waals surface area contributed by atoms with E-state index in [1.807, 2.05) is 5.38 Å². The smallest absolute Gasteiger partial charge is 0.323 e. The van der Waals surface area contributed by atoms with Crippen LogP contribution < -0.4 is 10.6 Å². The summed E-state index contributed by atoms with van der Waals surface area (Å²) in [5.74, 6) is 0.118. The summed E-state index contributed by atoms with van der Waals surface area (Å²) in [4.78, 5) is 32.4. The van der Waals surface area contributed by atoms with Crippen molar-refractivity contribution in [1.82, 2.24) is 20.1 Å². The largest absolute Gasteiger partial charge is 0.355 e. The first-order valence-electron chi connectivity index (χ1n) is 8.59. The molecule has 0 unspecified atom stereocenters. The van der Waals surface area contributed by atoms with E-state index >= 15 is 0 Å². The summed E-state index contributed by atoms with van der Waals surface area (Å²) in [5.41, 5.74) is 0. The third kappa shape index (κ3) is 5.45. The number of likely N-dealkylation sites (N-methyl/N-ethyl adjacent to an activating group) is 1. The Kier molecular flexibility index (Phi) is 7.45. The maximum atomic E-state index is 12.2. The lowest BCUT2D eigenvalue weighted by atomic mass is 9.96. The van der Waals surface area contributed by atoms with Crippen molar-refractivity contribution in [2.24, 2.45) is 5.92 Å². The Labute approximate surface area is 147 Å². The van der Waals surface area contributed by atoms with Crippen LogP contribution in [-0.2, 0) is 4.79 Å². The number of urea groups is 1. The second-order valence-corrected chi connectivity index (χ2v) is 6.74. The van der Waals surface area contributed by atoms with E-state index < -0.39 is 0 Å². The summed E-state index contributed by atoms with van der Waals surface area (Å²) in [5, 5.41) is 8.24. The van der Waals surface area contributed by atoms with Crippen molar-refractivity contribution < 1.29 is 9.59 Å². The highest BCUT2D eigenvalue weighted by atomic mass is 32.1. The molecule has 1 saturated heterocycles. The number of hydrogen-bond donors (Lipinski definition) is 2. The van der Waals surface area contributed by atoms with Gasteiger partial charge in [-0.05, 0) is 25.9 Å². The van der Waals surface area contributed by atoms with E-state index in [9.17, 15) is 9.59 Å². The van der Waals surface area contributed by atoms with Crippen LogP contribution in [-0.4, -0.2) is 66.0 Å². The Morgan fingerprint density at radius 1 is 1.33 bits per heavy atom. The highest BCUT2D eigenvalue weighted by Crippen LogP contribution is 2.19. The molecule has 1 aromatic heterocycles. The van der Waals surface area contributed by atoms with Crippen LogP contribution in [0.3, 0.4) is 0 Å². The molecule has 1 aromatic rings. The summed E-state index contributed by atoms with van der Waals surface area (Å²) < 4.78 is 0. The van der Waals surface area contributed by atoms with Gasteiger partial charge in [0.25, 0.3) is 0 Å². The van der Waals surface area contributed by atoms with E-state index in [-0.39, 0.29) is 17.9 Å². The Hall–Kier alpha value is -1.67. The number of carbonyl (C=O) groups excluding carboxylic acids is 2. The maximum absolute atomic E-state index is 12.2. The zero-order valence-electron chi connectivity index (χ0n) is 14.5. The molecule has 0 saturated carbocycles. The van der Waals surface area contributed by atoms with Crippen molar-refractivity contribution >= 4 is 28.4 Å². The van der Waals surface area contributed by atoms with Crippen LogP contribution in [0.5, 0.6) is 0 Å². The fraction of sp³-hybridized carbons (Fsp3) is 0.688. The Balaban J connectivity index is 1.68. The third-order valence-electron chi connectivity index (χ3n) is 4.42. The number of likely N-dealkylation sites (tertiary alicyclic amines) is 1. The van der Waals surface area contributed by atoms with Gasteiger partial charge in [0.15, 0.2) is 5.13 Å². The monoisotopic (exact) mass is 353 g/mol. The van der Waals surface area contributed by atoms with Gasteiger partial charge in [-0.15, -0.1) is 11.3 Å². The average Bonchev–Trinajstić information content (AvgIpc) is 3.11. The van der Waals surface area contributed by atoms with Crippen molar-refractivity contribution in [3.63, 3.8) is 0 Å². The molecule has 2 rings (SSSR count). The minimum absolute atomic E-state index is 0.00520. The standard InChI is InChI=1S/C16H27N5O2S/c1-3-20(4-2)11-7-17-14(22)13-5-9-21(10-6-13)16(23)19-15-18-8-12-24-15/h8,12-13H,3-7,9-11H2,1-2H3,(H,17,22)(H,18,19,23). The van der Waals surface area contributed by atoms with E-state index in [0.717, 1.165) is 19.6 Å². The van der Waals surface area contributed by atoms with Crippen LogP contribution in [0.4, 0.5) is 9.93 Å². The number of amides is 3. The molecule has 0 radical (unpaired) electrons. The molecule has 2 N–H and O–H groups in total. The van der Waals surface area contributed by atoms with E-state index in [1.165, 1.54) is 11.3 Å². The summed E-state index contributed by atoms with van der Waals surface area (Å²) in [6.45, 7) is 9.02. The van der Waals surface area contributed by atoms with Gasteiger partial charge < -0.3 is 15.1 Å². The highest BCUT2D eigenvalue weighted by Gasteiger charge is 2.27. The predicted octanol–water partition coefficient (Wildman–Crippen LogP) is 1.84. The van der Waals surface area contributed by atoms with E-state index in [0.29, 0.717) is 37.6 Å². The molecule has 2 heterocycles.